The Bertz CT molecular complexity index is 932. The third kappa shape index (κ3) is 3.45. The van der Waals surface area contributed by atoms with E-state index in [2.05, 4.69) is 10.2 Å². The molecule has 3 aromatic rings. The lowest BCUT2D eigenvalue weighted by molar-refractivity contribution is 0.101. The molecule has 0 amide bonds. The highest BCUT2D eigenvalue weighted by atomic mass is 32.2. The molecule has 0 radical (unpaired) electrons. The van der Waals surface area contributed by atoms with Crippen LogP contribution in [0.3, 0.4) is 0 Å². The molecule has 0 saturated carbocycles. The maximum Gasteiger partial charge on any atom is 0.191 e. The second kappa shape index (κ2) is 7.65. The standard InChI is InChI=1S/C18H19N3O4S/c1-11-13(7-8-25-11)17-19-20-18(21(17)2)26-10-15(22)14-6-5-12(23-3)9-16(14)24-4/h5-9H,10H2,1-4H3. The highest BCUT2D eigenvalue weighted by Crippen LogP contribution is 2.28. The second-order valence-electron chi connectivity index (χ2n) is 5.53. The fraction of sp³-hybridized carbons (Fsp3) is 0.278. The number of nitrogens with zero attached hydrogens (tertiary/aromatic N) is 3. The SMILES string of the molecule is COc1ccc(C(=O)CSc2nnc(-c3ccoc3C)n2C)c(OC)c1. The average molecular weight is 373 g/mol. The van der Waals surface area contributed by atoms with Gasteiger partial charge in [0.1, 0.15) is 17.3 Å². The van der Waals surface area contributed by atoms with Crippen molar-refractivity contribution in [3.8, 4) is 22.9 Å². The molecule has 7 nitrogen and oxygen atoms in total. The van der Waals surface area contributed by atoms with Gasteiger partial charge in [-0.2, -0.15) is 0 Å². The Morgan fingerprint density at radius 1 is 1.23 bits per heavy atom. The van der Waals surface area contributed by atoms with Crippen molar-refractivity contribution in [2.24, 2.45) is 7.05 Å². The Labute approximate surface area is 155 Å². The average Bonchev–Trinajstić information content (AvgIpc) is 3.24. The number of carbonyl (C=O) groups is 1. The number of thioether (sulfide) groups is 1. The molecule has 2 aromatic heterocycles. The normalized spacial score (nSPS) is 10.8. The van der Waals surface area contributed by atoms with Gasteiger partial charge in [0, 0.05) is 13.1 Å². The fourth-order valence-electron chi connectivity index (χ4n) is 2.53. The van der Waals surface area contributed by atoms with Crippen molar-refractivity contribution in [3.63, 3.8) is 0 Å². The Morgan fingerprint density at radius 2 is 2.04 bits per heavy atom. The van der Waals surface area contributed by atoms with Gasteiger partial charge < -0.3 is 18.5 Å². The summed E-state index contributed by atoms with van der Waals surface area (Å²) >= 11 is 1.33. The molecule has 0 bridgehead atoms. The topological polar surface area (TPSA) is 79.4 Å². The molecule has 0 saturated heterocycles. The highest BCUT2D eigenvalue weighted by Gasteiger charge is 2.18. The van der Waals surface area contributed by atoms with E-state index in [0.717, 1.165) is 11.3 Å². The zero-order valence-electron chi connectivity index (χ0n) is 15.0. The van der Waals surface area contributed by atoms with Crippen molar-refractivity contribution in [1.82, 2.24) is 14.8 Å². The molecule has 0 unspecified atom stereocenters. The lowest BCUT2D eigenvalue weighted by atomic mass is 10.1. The Hall–Kier alpha value is -2.74. The van der Waals surface area contributed by atoms with Gasteiger partial charge in [0.05, 0.1) is 37.4 Å². The number of methoxy groups -OCH3 is 2. The van der Waals surface area contributed by atoms with Crippen molar-refractivity contribution < 1.29 is 18.7 Å². The summed E-state index contributed by atoms with van der Waals surface area (Å²) in [6, 6.07) is 6.99. The first kappa shape index (κ1) is 18.1. The van der Waals surface area contributed by atoms with Crippen LogP contribution in [0.25, 0.3) is 11.4 Å². The minimum absolute atomic E-state index is 0.0569. The third-order valence-electron chi connectivity index (χ3n) is 3.98. The van der Waals surface area contributed by atoms with E-state index < -0.39 is 0 Å². The molecule has 3 rings (SSSR count). The molecular weight excluding hydrogens is 354 g/mol. The molecule has 0 aliphatic carbocycles. The van der Waals surface area contributed by atoms with E-state index in [9.17, 15) is 4.79 Å². The van der Waals surface area contributed by atoms with Gasteiger partial charge in [0.15, 0.2) is 16.8 Å². The number of furan rings is 1. The van der Waals surface area contributed by atoms with Crippen LogP contribution in [-0.2, 0) is 7.05 Å². The van der Waals surface area contributed by atoms with Crippen molar-refractivity contribution in [2.45, 2.75) is 12.1 Å². The maximum atomic E-state index is 12.6. The molecule has 0 N–H and O–H groups in total. The number of Topliss-reactive ketones (excluding diaryl/α,β-unsaturated/α-hetero) is 1. The number of ether oxygens (including phenoxy) is 2. The zero-order chi connectivity index (χ0) is 18.7. The summed E-state index contributed by atoms with van der Waals surface area (Å²) in [5.41, 5.74) is 1.39. The molecule has 0 fully saturated rings. The van der Waals surface area contributed by atoms with Gasteiger partial charge >= 0.3 is 0 Å². The van der Waals surface area contributed by atoms with Crippen molar-refractivity contribution in [3.05, 3.63) is 41.9 Å². The molecule has 0 aliphatic rings. The quantitative estimate of drug-likeness (QED) is 0.464. The summed E-state index contributed by atoms with van der Waals surface area (Å²) in [6.07, 6.45) is 1.62. The summed E-state index contributed by atoms with van der Waals surface area (Å²) in [4.78, 5) is 12.6. The van der Waals surface area contributed by atoms with Gasteiger partial charge in [0.2, 0.25) is 0 Å². The van der Waals surface area contributed by atoms with Crippen LogP contribution in [0.1, 0.15) is 16.1 Å². The predicted molar refractivity (Wildman–Crippen MR) is 98.0 cm³/mol. The minimum atomic E-state index is -0.0569. The zero-order valence-corrected chi connectivity index (χ0v) is 15.8. The summed E-state index contributed by atoms with van der Waals surface area (Å²) in [5, 5.41) is 9.04. The van der Waals surface area contributed by atoms with Crippen LogP contribution in [0, 0.1) is 6.92 Å². The second-order valence-corrected chi connectivity index (χ2v) is 6.48. The molecule has 0 spiro atoms. The van der Waals surface area contributed by atoms with Crippen molar-refractivity contribution >= 4 is 17.5 Å². The maximum absolute atomic E-state index is 12.6. The Morgan fingerprint density at radius 3 is 2.69 bits per heavy atom. The van der Waals surface area contributed by atoms with Crippen LogP contribution in [0.2, 0.25) is 0 Å². The summed E-state index contributed by atoms with van der Waals surface area (Å²) in [5.74, 6) is 2.77. The minimum Gasteiger partial charge on any atom is -0.497 e. The molecule has 2 heterocycles. The largest absolute Gasteiger partial charge is 0.497 e. The number of benzene rings is 1. The predicted octanol–water partition coefficient (Wildman–Crippen LogP) is 3.38. The van der Waals surface area contributed by atoms with Crippen molar-refractivity contribution in [1.29, 1.82) is 0 Å². The monoisotopic (exact) mass is 373 g/mol. The van der Waals surface area contributed by atoms with Crippen LogP contribution in [0.5, 0.6) is 11.5 Å². The summed E-state index contributed by atoms with van der Waals surface area (Å²) in [6.45, 7) is 1.87. The first-order valence-electron chi connectivity index (χ1n) is 7.87. The lowest BCUT2D eigenvalue weighted by Gasteiger charge is -2.09. The number of aromatic nitrogens is 3. The van der Waals surface area contributed by atoms with Crippen LogP contribution in [-0.4, -0.2) is 40.5 Å². The number of aryl methyl sites for hydroxylation is 1. The Kier molecular flexibility index (Phi) is 5.32. The van der Waals surface area contributed by atoms with Gasteiger partial charge in [0.25, 0.3) is 0 Å². The highest BCUT2D eigenvalue weighted by molar-refractivity contribution is 7.99. The van der Waals surface area contributed by atoms with Crippen LogP contribution < -0.4 is 9.47 Å². The number of rotatable bonds is 7. The molecule has 136 valence electrons. The van der Waals surface area contributed by atoms with Gasteiger partial charge in [-0.15, -0.1) is 10.2 Å². The lowest BCUT2D eigenvalue weighted by Crippen LogP contribution is -2.06. The third-order valence-corrected chi connectivity index (χ3v) is 5.00. The fourth-order valence-corrected chi connectivity index (χ4v) is 3.32. The van der Waals surface area contributed by atoms with E-state index in [1.807, 2.05) is 24.6 Å². The number of hydrogen-bond acceptors (Lipinski definition) is 7. The summed E-state index contributed by atoms with van der Waals surface area (Å²) < 4.78 is 17.6. The smallest absolute Gasteiger partial charge is 0.191 e. The van der Waals surface area contributed by atoms with E-state index in [0.29, 0.717) is 28.0 Å². The summed E-state index contributed by atoms with van der Waals surface area (Å²) in [7, 11) is 4.96. The molecular formula is C18H19N3O4S. The Balaban J connectivity index is 1.75. The van der Waals surface area contributed by atoms with Crippen LogP contribution in [0.4, 0.5) is 0 Å². The molecule has 0 atom stereocenters. The molecule has 1 aromatic carbocycles. The molecule has 8 heteroatoms. The van der Waals surface area contributed by atoms with E-state index in [4.69, 9.17) is 13.9 Å². The van der Waals surface area contributed by atoms with Crippen LogP contribution >= 0.6 is 11.8 Å². The van der Waals surface area contributed by atoms with Crippen molar-refractivity contribution in [2.75, 3.05) is 20.0 Å². The molecule has 26 heavy (non-hydrogen) atoms. The number of hydrogen-bond donors (Lipinski definition) is 0. The first-order chi connectivity index (χ1) is 12.5. The van der Waals surface area contributed by atoms with Gasteiger partial charge in [-0.1, -0.05) is 11.8 Å². The van der Waals surface area contributed by atoms with E-state index in [1.54, 1.807) is 31.6 Å². The van der Waals surface area contributed by atoms with Gasteiger partial charge in [-0.05, 0) is 25.1 Å². The number of carbonyl (C=O) groups excluding carboxylic acids is 1. The van der Waals surface area contributed by atoms with Gasteiger partial charge in [-0.3, -0.25) is 4.79 Å². The first-order valence-corrected chi connectivity index (χ1v) is 8.85. The molecule has 0 aliphatic heterocycles. The van der Waals surface area contributed by atoms with Gasteiger partial charge in [-0.25, -0.2) is 0 Å². The number of ketones is 1. The van der Waals surface area contributed by atoms with Crippen LogP contribution in [0.15, 0.2) is 40.1 Å². The van der Waals surface area contributed by atoms with E-state index in [1.165, 1.54) is 18.9 Å². The van der Waals surface area contributed by atoms with E-state index in [-0.39, 0.29) is 11.5 Å². The van der Waals surface area contributed by atoms with E-state index >= 15 is 0 Å².